The highest BCUT2D eigenvalue weighted by Gasteiger charge is 2.19. The number of hydrogen-bond donors (Lipinski definition) is 5. The fourth-order valence-corrected chi connectivity index (χ4v) is 4.88. The van der Waals surface area contributed by atoms with E-state index in [2.05, 4.69) is 40.8 Å². The number of carbonyl (C=O) groups excluding carboxylic acids is 3. The Balaban J connectivity index is 2.36. The van der Waals surface area contributed by atoms with Crippen molar-refractivity contribution in [1.29, 1.82) is 0 Å². The summed E-state index contributed by atoms with van der Waals surface area (Å²) in [5.41, 5.74) is 7.54. The summed E-state index contributed by atoms with van der Waals surface area (Å²) < 4.78 is 0. The van der Waals surface area contributed by atoms with E-state index in [1.54, 1.807) is 0 Å². The van der Waals surface area contributed by atoms with Crippen LogP contribution in [-0.2, 0) is 0 Å². The quantitative estimate of drug-likeness (QED) is 0.0897. The van der Waals surface area contributed by atoms with Crippen molar-refractivity contribution in [3.63, 3.8) is 0 Å². The van der Waals surface area contributed by atoms with Crippen LogP contribution in [0.1, 0.15) is 149 Å². The number of urea groups is 3. The lowest BCUT2D eigenvalue weighted by molar-refractivity contribution is 0.161. The van der Waals surface area contributed by atoms with Gasteiger partial charge in [-0.25, -0.2) is 35.7 Å². The van der Waals surface area contributed by atoms with E-state index in [9.17, 15) is 14.4 Å². The highest BCUT2D eigenvalue weighted by Crippen LogP contribution is 2.17. The first-order valence-electron chi connectivity index (χ1n) is 15.7. The van der Waals surface area contributed by atoms with Gasteiger partial charge in [-0.3, -0.25) is 0 Å². The molecule has 5 N–H and O–H groups in total. The van der Waals surface area contributed by atoms with Gasteiger partial charge in [0.2, 0.25) is 0 Å². The van der Waals surface area contributed by atoms with Gasteiger partial charge in [0.1, 0.15) is 0 Å². The fraction of sp³-hybridized carbons (Fsp3) is 0.897. The summed E-state index contributed by atoms with van der Waals surface area (Å²) in [7, 11) is 0. The molecule has 0 atom stereocenters. The number of rotatable bonds is 19. The molecule has 0 saturated heterocycles. The zero-order valence-corrected chi connectivity index (χ0v) is 24.5. The second-order valence-corrected chi connectivity index (χ2v) is 10.8. The lowest BCUT2D eigenvalue weighted by Gasteiger charge is -2.25. The molecule has 0 aromatic rings. The van der Waals surface area contributed by atoms with E-state index in [0.717, 1.165) is 57.8 Å². The first-order valence-corrected chi connectivity index (χ1v) is 15.7. The number of amides is 6. The molecule has 0 spiro atoms. The Hall–Kier alpha value is -2.19. The minimum Gasteiger partial charge on any atom is -0.337 e. The van der Waals surface area contributed by atoms with Crippen molar-refractivity contribution in [3.05, 3.63) is 0 Å². The van der Waals surface area contributed by atoms with E-state index in [1.165, 1.54) is 82.1 Å². The molecule has 0 aromatic carbocycles. The molecule has 9 nitrogen and oxygen atoms in total. The third-order valence-electron chi connectivity index (χ3n) is 7.26. The number of hydrazine groups is 2. The van der Waals surface area contributed by atoms with Gasteiger partial charge >= 0.3 is 18.1 Å². The summed E-state index contributed by atoms with van der Waals surface area (Å²) in [6.07, 6.45) is 24.2. The Morgan fingerprint density at radius 1 is 0.632 bits per heavy atom. The molecule has 0 heterocycles. The van der Waals surface area contributed by atoms with E-state index in [4.69, 9.17) is 0 Å². The summed E-state index contributed by atoms with van der Waals surface area (Å²) in [5.74, 6) is 0. The Morgan fingerprint density at radius 2 is 1.16 bits per heavy atom. The van der Waals surface area contributed by atoms with Crippen molar-refractivity contribution in [2.24, 2.45) is 0 Å². The summed E-state index contributed by atoms with van der Waals surface area (Å²) in [4.78, 5) is 37.4. The lowest BCUT2D eigenvalue weighted by atomic mass is 9.96. The maximum atomic E-state index is 12.8. The molecule has 0 aliphatic heterocycles. The van der Waals surface area contributed by atoms with Crippen molar-refractivity contribution in [2.45, 2.75) is 155 Å². The minimum atomic E-state index is -0.547. The van der Waals surface area contributed by atoms with Crippen molar-refractivity contribution in [3.8, 4) is 0 Å². The SMILES string of the molecule is CCCCCCCCCCCCN(NC(=O)NCCCCCCCC)C(=O)NNC(=O)NC1CCCCC1. The van der Waals surface area contributed by atoms with Crippen molar-refractivity contribution in [2.75, 3.05) is 13.1 Å². The summed E-state index contributed by atoms with van der Waals surface area (Å²) in [5, 5.41) is 7.02. The van der Waals surface area contributed by atoms with Crippen LogP contribution in [-0.4, -0.2) is 42.2 Å². The first kappa shape index (κ1) is 33.8. The molecule has 1 aliphatic rings. The van der Waals surface area contributed by atoms with Crippen molar-refractivity contribution >= 4 is 18.1 Å². The standard InChI is InChI=1S/C29H58N6O3/c1-3-5-7-9-11-12-13-14-16-21-25-35(34-27(36)30-24-20-15-10-8-6-4-2)29(38)33-32-28(37)31-26-22-18-17-19-23-26/h26H,3-25H2,1-2H3,(H,33,38)(H2,30,34,36)(H2,31,32,37). The number of nitrogens with one attached hydrogen (secondary N) is 5. The second-order valence-electron chi connectivity index (χ2n) is 10.8. The Morgan fingerprint density at radius 3 is 1.74 bits per heavy atom. The summed E-state index contributed by atoms with van der Waals surface area (Å²) >= 11 is 0. The van der Waals surface area contributed by atoms with Gasteiger partial charge in [0.25, 0.3) is 0 Å². The monoisotopic (exact) mass is 538 g/mol. The molecule has 222 valence electrons. The second kappa shape index (κ2) is 23.9. The van der Waals surface area contributed by atoms with Crippen LogP contribution < -0.4 is 26.9 Å². The lowest BCUT2D eigenvalue weighted by Crippen LogP contribution is -2.58. The van der Waals surface area contributed by atoms with Gasteiger partial charge in [-0.15, -0.1) is 0 Å². The average molecular weight is 539 g/mol. The molecule has 1 rings (SSSR count). The Labute approximate surface area is 232 Å². The predicted octanol–water partition coefficient (Wildman–Crippen LogP) is 7.04. The van der Waals surface area contributed by atoms with E-state index < -0.39 is 18.1 Å². The van der Waals surface area contributed by atoms with Gasteiger partial charge < -0.3 is 10.6 Å². The van der Waals surface area contributed by atoms with Gasteiger partial charge in [-0.05, 0) is 25.7 Å². The van der Waals surface area contributed by atoms with Crippen LogP contribution in [0.3, 0.4) is 0 Å². The maximum Gasteiger partial charge on any atom is 0.354 e. The average Bonchev–Trinajstić information content (AvgIpc) is 2.92. The van der Waals surface area contributed by atoms with Crippen LogP contribution in [0.15, 0.2) is 0 Å². The molecule has 38 heavy (non-hydrogen) atoms. The van der Waals surface area contributed by atoms with E-state index >= 15 is 0 Å². The highest BCUT2D eigenvalue weighted by atomic mass is 16.2. The number of hydrogen-bond acceptors (Lipinski definition) is 3. The topological polar surface area (TPSA) is 115 Å². The molecule has 0 bridgehead atoms. The largest absolute Gasteiger partial charge is 0.354 e. The van der Waals surface area contributed by atoms with Crippen LogP contribution >= 0.6 is 0 Å². The van der Waals surface area contributed by atoms with Crippen LogP contribution in [0, 0.1) is 0 Å². The third kappa shape index (κ3) is 19.0. The van der Waals surface area contributed by atoms with Crippen molar-refractivity contribution in [1.82, 2.24) is 31.9 Å². The highest BCUT2D eigenvalue weighted by molar-refractivity contribution is 5.82. The minimum absolute atomic E-state index is 0.147. The summed E-state index contributed by atoms with van der Waals surface area (Å²) in [6.45, 7) is 5.40. The van der Waals surface area contributed by atoms with Gasteiger partial charge in [0.15, 0.2) is 0 Å². The molecule has 6 amide bonds. The molecule has 0 unspecified atom stereocenters. The number of unbranched alkanes of at least 4 members (excludes halogenated alkanes) is 14. The van der Waals surface area contributed by atoms with Gasteiger partial charge in [-0.2, -0.15) is 0 Å². The Kier molecular flexibility index (Phi) is 21.3. The maximum absolute atomic E-state index is 12.8. The van der Waals surface area contributed by atoms with Crippen LogP contribution in [0.25, 0.3) is 0 Å². The molecule has 1 saturated carbocycles. The predicted molar refractivity (Wildman–Crippen MR) is 156 cm³/mol. The van der Waals surface area contributed by atoms with Crippen LogP contribution in [0.2, 0.25) is 0 Å². The molecular formula is C29H58N6O3. The molecule has 1 fully saturated rings. The third-order valence-corrected chi connectivity index (χ3v) is 7.26. The van der Waals surface area contributed by atoms with Crippen LogP contribution in [0.5, 0.6) is 0 Å². The Bertz CT molecular complexity index is 613. The van der Waals surface area contributed by atoms with Gasteiger partial charge in [0.05, 0.1) is 0 Å². The molecule has 0 radical (unpaired) electrons. The van der Waals surface area contributed by atoms with E-state index in [1.807, 2.05) is 0 Å². The molecule has 9 heteroatoms. The van der Waals surface area contributed by atoms with Crippen LogP contribution in [0.4, 0.5) is 14.4 Å². The zero-order valence-electron chi connectivity index (χ0n) is 24.5. The summed E-state index contributed by atoms with van der Waals surface area (Å²) in [6, 6.07) is -1.21. The number of carbonyl (C=O) groups is 3. The normalized spacial score (nSPS) is 13.5. The van der Waals surface area contributed by atoms with Gasteiger partial charge in [0, 0.05) is 19.1 Å². The van der Waals surface area contributed by atoms with E-state index in [0.29, 0.717) is 13.1 Å². The van der Waals surface area contributed by atoms with Gasteiger partial charge in [-0.1, -0.05) is 123 Å². The number of nitrogens with zero attached hydrogens (tertiary/aromatic N) is 1. The molecule has 1 aliphatic carbocycles. The fourth-order valence-electron chi connectivity index (χ4n) is 4.88. The molecular weight excluding hydrogens is 480 g/mol. The zero-order chi connectivity index (χ0) is 27.7. The van der Waals surface area contributed by atoms with Crippen molar-refractivity contribution < 1.29 is 14.4 Å². The smallest absolute Gasteiger partial charge is 0.337 e. The first-order chi connectivity index (χ1) is 18.6. The molecule has 0 aromatic heterocycles. The van der Waals surface area contributed by atoms with E-state index in [-0.39, 0.29) is 6.04 Å².